The van der Waals surface area contributed by atoms with E-state index in [4.69, 9.17) is 11.5 Å². The van der Waals surface area contributed by atoms with Crippen LogP contribution in [0.1, 0.15) is 167 Å². The van der Waals surface area contributed by atoms with Crippen LogP contribution in [0.5, 0.6) is 5.75 Å². The summed E-state index contributed by atoms with van der Waals surface area (Å²) in [5.74, 6) is -8.21. The molecule has 0 radical (unpaired) electrons. The van der Waals surface area contributed by atoms with E-state index in [1.165, 1.54) is 19.1 Å². The third-order valence-corrected chi connectivity index (χ3v) is 17.5. The molecule has 2 aliphatic heterocycles. The van der Waals surface area contributed by atoms with E-state index in [1.54, 1.807) is 19.1 Å². The van der Waals surface area contributed by atoms with Gasteiger partial charge in [-0.25, -0.2) is 0 Å². The topological polar surface area (TPSA) is 287 Å². The predicted molar refractivity (Wildman–Crippen MR) is 283 cm³/mol. The number of hydrogen-bond acceptors (Lipinski definition) is 14. The first kappa shape index (κ1) is 61.1. The maximum absolute atomic E-state index is 14.8. The number of primary amides is 1. The smallest absolute Gasteiger partial charge is 0.303 e. The van der Waals surface area contributed by atoms with Crippen LogP contribution in [0.15, 0.2) is 24.3 Å². The average molecular weight is 1050 g/mol. The molecule has 1 aromatic carbocycles. The van der Waals surface area contributed by atoms with E-state index in [0.29, 0.717) is 84.0 Å². The molecule has 0 spiro atoms. The van der Waals surface area contributed by atoms with Gasteiger partial charge in [0.05, 0.1) is 0 Å². The number of benzene rings is 1. The molecule has 75 heavy (non-hydrogen) atoms. The number of nitrogens with two attached hydrogens (primary N) is 2. The lowest BCUT2D eigenvalue weighted by Crippen LogP contribution is -2.43. The third kappa shape index (κ3) is 19.3. The van der Waals surface area contributed by atoms with Gasteiger partial charge in [-0.05, 0) is 132 Å². The van der Waals surface area contributed by atoms with Crippen LogP contribution in [0.25, 0.3) is 0 Å². The summed E-state index contributed by atoms with van der Waals surface area (Å²) in [5.41, 5.74) is 12.1. The van der Waals surface area contributed by atoms with Crippen LogP contribution in [-0.2, 0) is 54.4 Å². The van der Waals surface area contributed by atoms with Crippen LogP contribution in [-0.4, -0.2) is 101 Å². The number of aliphatic carboxylic acids is 1. The van der Waals surface area contributed by atoms with Gasteiger partial charge < -0.3 is 37.1 Å². The summed E-state index contributed by atoms with van der Waals surface area (Å²) < 4.78 is 0. The molecule has 0 aromatic heterocycles. The Morgan fingerprint density at radius 1 is 0.573 bits per heavy atom. The van der Waals surface area contributed by atoms with Crippen molar-refractivity contribution >= 4 is 58.1 Å². The number of carbonyl (C=O) groups is 10. The van der Waals surface area contributed by atoms with Gasteiger partial charge in [0.1, 0.15) is 52.0 Å². The second-order valence-electron chi connectivity index (χ2n) is 23.1. The van der Waals surface area contributed by atoms with Crippen LogP contribution >= 0.6 is 0 Å². The molecule has 0 bridgehead atoms. The Morgan fingerprint density at radius 3 is 1.51 bits per heavy atom. The van der Waals surface area contributed by atoms with E-state index in [-0.39, 0.29) is 146 Å². The average Bonchev–Trinajstić information content (AvgIpc) is 3.37. The van der Waals surface area contributed by atoms with Crippen molar-refractivity contribution in [2.45, 2.75) is 168 Å². The number of phenolic OH excluding ortho intramolecular Hbond substituents is 1. The summed E-state index contributed by atoms with van der Waals surface area (Å²) in [6, 6.07) is 6.50. The van der Waals surface area contributed by atoms with E-state index in [9.17, 15) is 58.2 Å². The molecule has 4 fully saturated rings. The van der Waals surface area contributed by atoms with E-state index in [1.807, 2.05) is 0 Å². The summed E-state index contributed by atoms with van der Waals surface area (Å²) in [6.45, 7) is 5.47. The Kier molecular flexibility index (Phi) is 25.1. The minimum absolute atomic E-state index is 0.00445. The monoisotopic (exact) mass is 1040 g/mol. The molecule has 8 N–H and O–H groups in total. The van der Waals surface area contributed by atoms with Gasteiger partial charge in [-0.2, -0.15) is 0 Å². The molecule has 2 saturated heterocycles. The Hall–Kier alpha value is -4.80. The number of nitrogens with one attached hydrogen (secondary N) is 2. The highest BCUT2D eigenvalue weighted by Gasteiger charge is 2.41. The highest BCUT2D eigenvalue weighted by molar-refractivity contribution is 5.94. The highest BCUT2D eigenvalue weighted by atomic mass is 16.4. The Labute approximate surface area is 444 Å². The van der Waals surface area contributed by atoms with Crippen molar-refractivity contribution in [1.82, 2.24) is 10.6 Å². The summed E-state index contributed by atoms with van der Waals surface area (Å²) in [5, 5.41) is 26.3. The van der Waals surface area contributed by atoms with Gasteiger partial charge in [0.2, 0.25) is 5.91 Å². The van der Waals surface area contributed by atoms with Crippen LogP contribution in [0.4, 0.5) is 0 Å². The largest absolute Gasteiger partial charge is 0.508 e. The van der Waals surface area contributed by atoms with Crippen LogP contribution < -0.4 is 22.1 Å². The van der Waals surface area contributed by atoms with Crippen LogP contribution in [0.2, 0.25) is 0 Å². The summed E-state index contributed by atoms with van der Waals surface area (Å²) in [6.07, 6.45) is 9.15. The third-order valence-electron chi connectivity index (χ3n) is 17.5. The molecule has 12 atom stereocenters. The second-order valence-corrected chi connectivity index (χ2v) is 23.1. The first-order valence-corrected chi connectivity index (χ1v) is 28.4. The molecule has 1 amide bonds. The quantitative estimate of drug-likeness (QED) is 0.0402. The van der Waals surface area contributed by atoms with Crippen molar-refractivity contribution in [2.24, 2.45) is 82.5 Å². The number of aromatic hydroxyl groups is 1. The van der Waals surface area contributed by atoms with Crippen molar-refractivity contribution in [2.75, 3.05) is 32.7 Å². The van der Waals surface area contributed by atoms with Gasteiger partial charge >= 0.3 is 5.97 Å². The minimum atomic E-state index is -1.07. The molecule has 2 aliphatic carbocycles. The van der Waals surface area contributed by atoms with E-state index in [2.05, 4.69) is 10.6 Å². The van der Waals surface area contributed by atoms with Crippen molar-refractivity contribution in [3.05, 3.63) is 29.8 Å². The fraction of sp³-hybridized carbons (Fsp3) is 0.729. The van der Waals surface area contributed by atoms with Crippen molar-refractivity contribution < 1.29 is 58.2 Å². The lowest BCUT2D eigenvalue weighted by molar-refractivity contribution is -0.139. The van der Waals surface area contributed by atoms with Crippen LogP contribution in [0.3, 0.4) is 0 Å². The number of carboxylic acid groups (broad SMARTS) is 1. The number of hydrogen-bond donors (Lipinski definition) is 6. The Morgan fingerprint density at radius 2 is 1.01 bits per heavy atom. The number of piperidine rings is 2. The van der Waals surface area contributed by atoms with E-state index < -0.39 is 59.2 Å². The molecule has 5 rings (SSSR count). The minimum Gasteiger partial charge on any atom is -0.508 e. The molecule has 416 valence electrons. The standard InChI is InChI=1S/C59H88N4O12/c1-36(59(61)75)25-54(69)49-34-62-23-20-41(49)29-51(66)43(11-7-8-22-60)31-55(70)48-13-6-4-10-40(48)28-53(68)45(27-38-14-17-46(65)18-15-38)33-57(72)50-35-63-24-21-42(50)30-52(67)44(16-19-58(73)74)32-56(71)47-12-5-3-9-39(47)26-37(2)64/h14-15,17-18,36,39-45,47-50,62-63,65H,3-13,16,19-35,60H2,1-2H3,(H2,61,75)(H,73,74)/t36-,39?,40?,41?,42?,43-,44-,45-,47?,48?,49?,50?/m0/s1. The molecule has 2 saturated carbocycles. The van der Waals surface area contributed by atoms with Gasteiger partial charge in [-0.1, -0.05) is 51.2 Å². The van der Waals surface area contributed by atoms with E-state index in [0.717, 1.165) is 37.7 Å². The normalized spacial score (nSPS) is 25.7. The molecule has 16 nitrogen and oxygen atoms in total. The number of rotatable bonds is 33. The molecule has 16 heteroatoms. The molecular formula is C59H88N4O12. The lowest BCUT2D eigenvalue weighted by Gasteiger charge is -2.34. The van der Waals surface area contributed by atoms with Gasteiger partial charge in [0.25, 0.3) is 0 Å². The Balaban J connectivity index is 1.30. The predicted octanol–water partition coefficient (Wildman–Crippen LogP) is 6.66. The van der Waals surface area contributed by atoms with Crippen molar-refractivity contribution in [1.29, 1.82) is 0 Å². The maximum Gasteiger partial charge on any atom is 0.303 e. The van der Waals surface area contributed by atoms with Gasteiger partial charge in [0, 0.05) is 118 Å². The number of carboxylic acids is 1. The SMILES string of the molecule is CC(=O)CC1CCCCC1C(=O)C[C@H](CCC(=O)O)C(=O)CC1CCNCC1C(=O)C[C@H](Cc1ccc(O)cc1)C(=O)CC1CCCCC1C(=O)C[C@H](CCCCN)C(=O)CC1CCNCC1C(=O)C[C@H](C)C(N)=O. The van der Waals surface area contributed by atoms with Crippen molar-refractivity contribution in [3.63, 3.8) is 0 Å². The lowest BCUT2D eigenvalue weighted by atomic mass is 9.70. The maximum atomic E-state index is 14.8. The number of carbonyl (C=O) groups excluding carboxylic acids is 9. The molecular weight excluding hydrogens is 957 g/mol. The number of amides is 1. The number of Topliss-reactive ketones (excluding diaryl/α,β-unsaturated/α-hetero) is 8. The fourth-order valence-corrected chi connectivity index (χ4v) is 13.0. The van der Waals surface area contributed by atoms with Crippen molar-refractivity contribution in [3.8, 4) is 5.75 Å². The first-order chi connectivity index (χ1) is 35.8. The molecule has 4 aliphatic rings. The van der Waals surface area contributed by atoms with Gasteiger partial charge in [-0.15, -0.1) is 0 Å². The van der Waals surface area contributed by atoms with Gasteiger partial charge in [0.15, 0.2) is 0 Å². The number of unbranched alkanes of at least 4 members (excludes halogenated alkanes) is 1. The zero-order chi connectivity index (χ0) is 54.6. The number of phenols is 1. The second kappa shape index (κ2) is 30.8. The fourth-order valence-electron chi connectivity index (χ4n) is 13.0. The zero-order valence-corrected chi connectivity index (χ0v) is 44.9. The first-order valence-electron chi connectivity index (χ1n) is 28.4. The summed E-state index contributed by atoms with van der Waals surface area (Å²) >= 11 is 0. The van der Waals surface area contributed by atoms with Crippen LogP contribution in [0, 0.1) is 71.0 Å². The zero-order valence-electron chi connectivity index (χ0n) is 44.9. The summed E-state index contributed by atoms with van der Waals surface area (Å²) in [7, 11) is 0. The number of ketones is 8. The highest BCUT2D eigenvalue weighted by Crippen LogP contribution is 2.39. The molecule has 8 unspecified atom stereocenters. The summed E-state index contributed by atoms with van der Waals surface area (Å²) in [4.78, 5) is 135. The van der Waals surface area contributed by atoms with Gasteiger partial charge in [-0.3, -0.25) is 43.2 Å². The van der Waals surface area contributed by atoms with E-state index >= 15 is 0 Å². The molecule has 1 aromatic rings. The molecule has 2 heterocycles. The Bertz CT molecular complexity index is 2140.